The SMILES string of the molecule is Cc1cc(C(=O)Nc2cccc(C#N)c2)ccc1Br. The molecule has 4 heteroatoms. The van der Waals surface area contributed by atoms with Gasteiger partial charge in [0.05, 0.1) is 11.6 Å². The smallest absolute Gasteiger partial charge is 0.255 e. The maximum Gasteiger partial charge on any atom is 0.255 e. The van der Waals surface area contributed by atoms with Gasteiger partial charge in [-0.05, 0) is 48.9 Å². The Hall–Kier alpha value is -2.12. The number of hydrogen-bond acceptors (Lipinski definition) is 2. The van der Waals surface area contributed by atoms with Gasteiger partial charge in [0.25, 0.3) is 5.91 Å². The highest BCUT2D eigenvalue weighted by Crippen LogP contribution is 2.18. The summed E-state index contributed by atoms with van der Waals surface area (Å²) in [6, 6.07) is 14.3. The molecule has 0 atom stereocenters. The molecule has 0 bridgehead atoms. The van der Waals surface area contributed by atoms with E-state index in [0.29, 0.717) is 16.8 Å². The molecule has 0 saturated carbocycles. The van der Waals surface area contributed by atoms with Gasteiger partial charge in [0.2, 0.25) is 0 Å². The van der Waals surface area contributed by atoms with Gasteiger partial charge in [-0.15, -0.1) is 0 Å². The second-order valence-electron chi connectivity index (χ2n) is 4.11. The van der Waals surface area contributed by atoms with Crippen LogP contribution in [0.2, 0.25) is 0 Å². The molecule has 2 aromatic carbocycles. The van der Waals surface area contributed by atoms with Crippen molar-refractivity contribution < 1.29 is 4.79 Å². The van der Waals surface area contributed by atoms with Crippen molar-refractivity contribution in [1.82, 2.24) is 0 Å². The van der Waals surface area contributed by atoms with Gasteiger partial charge in [0, 0.05) is 15.7 Å². The first kappa shape index (κ1) is 13.3. The summed E-state index contributed by atoms with van der Waals surface area (Å²) >= 11 is 3.40. The van der Waals surface area contributed by atoms with E-state index < -0.39 is 0 Å². The number of amides is 1. The van der Waals surface area contributed by atoms with Crippen molar-refractivity contribution in [2.45, 2.75) is 6.92 Å². The standard InChI is InChI=1S/C15H11BrN2O/c1-10-7-12(5-6-14(10)16)15(19)18-13-4-2-3-11(8-13)9-17/h2-8H,1H3,(H,18,19). The zero-order valence-electron chi connectivity index (χ0n) is 10.3. The van der Waals surface area contributed by atoms with E-state index in [1.807, 2.05) is 25.1 Å². The number of carbonyl (C=O) groups is 1. The third kappa shape index (κ3) is 3.21. The third-order valence-electron chi connectivity index (χ3n) is 2.67. The fourth-order valence-electron chi connectivity index (χ4n) is 1.66. The monoisotopic (exact) mass is 314 g/mol. The molecule has 0 unspecified atom stereocenters. The molecule has 3 nitrogen and oxygen atoms in total. The normalized spacial score (nSPS) is 9.74. The van der Waals surface area contributed by atoms with Crippen molar-refractivity contribution in [2.75, 3.05) is 5.32 Å². The quantitative estimate of drug-likeness (QED) is 0.914. The highest BCUT2D eigenvalue weighted by molar-refractivity contribution is 9.10. The van der Waals surface area contributed by atoms with Crippen molar-refractivity contribution in [3.05, 3.63) is 63.6 Å². The molecule has 19 heavy (non-hydrogen) atoms. The summed E-state index contributed by atoms with van der Waals surface area (Å²) in [4.78, 5) is 12.1. The Bertz CT molecular complexity index is 674. The number of anilines is 1. The Balaban J connectivity index is 2.21. The Morgan fingerprint density at radius 2 is 2.05 bits per heavy atom. The molecule has 1 N–H and O–H groups in total. The first-order chi connectivity index (χ1) is 9.10. The molecular formula is C15H11BrN2O. The summed E-state index contributed by atoms with van der Waals surface area (Å²) in [5.41, 5.74) is 2.72. The zero-order valence-corrected chi connectivity index (χ0v) is 11.9. The van der Waals surface area contributed by atoms with Crippen molar-refractivity contribution in [1.29, 1.82) is 5.26 Å². The number of nitrogens with zero attached hydrogens (tertiary/aromatic N) is 1. The predicted octanol–water partition coefficient (Wildman–Crippen LogP) is 3.88. The summed E-state index contributed by atoms with van der Waals surface area (Å²) in [5.74, 6) is -0.189. The lowest BCUT2D eigenvalue weighted by molar-refractivity contribution is 0.102. The number of rotatable bonds is 2. The minimum Gasteiger partial charge on any atom is -0.322 e. The number of aryl methyl sites for hydroxylation is 1. The summed E-state index contributed by atoms with van der Waals surface area (Å²) in [6.07, 6.45) is 0. The van der Waals surface area contributed by atoms with Crippen LogP contribution in [0.4, 0.5) is 5.69 Å². The van der Waals surface area contributed by atoms with Crippen LogP contribution in [0.25, 0.3) is 0 Å². The van der Waals surface area contributed by atoms with Crippen LogP contribution in [0.5, 0.6) is 0 Å². The van der Waals surface area contributed by atoms with Gasteiger partial charge >= 0.3 is 0 Å². The van der Waals surface area contributed by atoms with Gasteiger partial charge in [-0.2, -0.15) is 5.26 Å². The van der Waals surface area contributed by atoms with E-state index in [0.717, 1.165) is 10.0 Å². The molecule has 0 fully saturated rings. The molecule has 2 rings (SSSR count). The van der Waals surface area contributed by atoms with Crippen LogP contribution < -0.4 is 5.32 Å². The molecule has 0 radical (unpaired) electrons. The molecular weight excluding hydrogens is 304 g/mol. The van der Waals surface area contributed by atoms with E-state index in [1.54, 1.807) is 30.3 Å². The molecule has 0 spiro atoms. The van der Waals surface area contributed by atoms with Gasteiger partial charge < -0.3 is 5.32 Å². The fourth-order valence-corrected chi connectivity index (χ4v) is 1.90. The molecule has 0 aliphatic rings. The predicted molar refractivity (Wildman–Crippen MR) is 78.0 cm³/mol. The summed E-state index contributed by atoms with van der Waals surface area (Å²) < 4.78 is 0.968. The topological polar surface area (TPSA) is 52.9 Å². The highest BCUT2D eigenvalue weighted by Gasteiger charge is 2.07. The van der Waals surface area contributed by atoms with E-state index >= 15 is 0 Å². The van der Waals surface area contributed by atoms with Crippen LogP contribution in [0, 0.1) is 18.3 Å². The minimum atomic E-state index is -0.189. The van der Waals surface area contributed by atoms with Crippen molar-refractivity contribution in [3.8, 4) is 6.07 Å². The first-order valence-corrected chi connectivity index (χ1v) is 6.47. The molecule has 94 valence electrons. The lowest BCUT2D eigenvalue weighted by Crippen LogP contribution is -2.12. The van der Waals surface area contributed by atoms with E-state index in [1.165, 1.54) is 0 Å². The Morgan fingerprint density at radius 1 is 1.26 bits per heavy atom. The van der Waals surface area contributed by atoms with Crippen LogP contribution in [0.1, 0.15) is 21.5 Å². The minimum absolute atomic E-state index is 0.189. The maximum atomic E-state index is 12.1. The number of carbonyl (C=O) groups excluding carboxylic acids is 1. The number of hydrogen-bond donors (Lipinski definition) is 1. The van der Waals surface area contributed by atoms with Crippen molar-refractivity contribution in [2.24, 2.45) is 0 Å². The van der Waals surface area contributed by atoms with Crippen LogP contribution in [-0.2, 0) is 0 Å². The molecule has 1 amide bonds. The number of benzene rings is 2. The summed E-state index contributed by atoms with van der Waals surface area (Å²) in [5, 5.41) is 11.6. The van der Waals surface area contributed by atoms with E-state index in [4.69, 9.17) is 5.26 Å². The second kappa shape index (κ2) is 5.68. The maximum absolute atomic E-state index is 12.1. The largest absolute Gasteiger partial charge is 0.322 e. The molecule has 0 heterocycles. The average Bonchev–Trinajstić information content (AvgIpc) is 2.42. The first-order valence-electron chi connectivity index (χ1n) is 5.68. The van der Waals surface area contributed by atoms with Gasteiger partial charge in [0.1, 0.15) is 0 Å². The second-order valence-corrected chi connectivity index (χ2v) is 4.97. The van der Waals surface area contributed by atoms with Gasteiger partial charge in [-0.25, -0.2) is 0 Å². The van der Waals surface area contributed by atoms with Crippen LogP contribution in [0.15, 0.2) is 46.9 Å². The van der Waals surface area contributed by atoms with Gasteiger partial charge in [-0.1, -0.05) is 22.0 Å². The lowest BCUT2D eigenvalue weighted by atomic mass is 10.1. The van der Waals surface area contributed by atoms with E-state index in [2.05, 4.69) is 21.2 Å². The highest BCUT2D eigenvalue weighted by atomic mass is 79.9. The number of nitrogens with one attached hydrogen (secondary N) is 1. The van der Waals surface area contributed by atoms with Gasteiger partial charge in [0.15, 0.2) is 0 Å². The number of nitriles is 1. The molecule has 0 aromatic heterocycles. The van der Waals surface area contributed by atoms with Crippen LogP contribution >= 0.6 is 15.9 Å². The van der Waals surface area contributed by atoms with Crippen molar-refractivity contribution in [3.63, 3.8) is 0 Å². The Morgan fingerprint density at radius 3 is 2.74 bits per heavy atom. The zero-order chi connectivity index (χ0) is 13.8. The molecule has 2 aromatic rings. The summed E-state index contributed by atoms with van der Waals surface area (Å²) in [6.45, 7) is 1.93. The molecule has 0 aliphatic carbocycles. The average molecular weight is 315 g/mol. The number of halogens is 1. The van der Waals surface area contributed by atoms with E-state index in [-0.39, 0.29) is 5.91 Å². The van der Waals surface area contributed by atoms with Crippen LogP contribution in [0.3, 0.4) is 0 Å². The van der Waals surface area contributed by atoms with Gasteiger partial charge in [-0.3, -0.25) is 4.79 Å². The fraction of sp³-hybridized carbons (Fsp3) is 0.0667. The lowest BCUT2D eigenvalue weighted by Gasteiger charge is -2.07. The molecule has 0 saturated heterocycles. The summed E-state index contributed by atoms with van der Waals surface area (Å²) in [7, 11) is 0. The van der Waals surface area contributed by atoms with Crippen molar-refractivity contribution >= 4 is 27.5 Å². The van der Waals surface area contributed by atoms with Crippen LogP contribution in [-0.4, -0.2) is 5.91 Å². The third-order valence-corrected chi connectivity index (χ3v) is 3.56. The Kier molecular flexibility index (Phi) is 3.98. The molecule has 0 aliphatic heterocycles. The Labute approximate surface area is 120 Å². The van der Waals surface area contributed by atoms with E-state index in [9.17, 15) is 4.79 Å².